The van der Waals surface area contributed by atoms with Crippen molar-refractivity contribution in [2.45, 2.75) is 39.0 Å². The lowest BCUT2D eigenvalue weighted by Gasteiger charge is -2.43. The smallest absolute Gasteiger partial charge is 0.0988 e. The number of morpholine rings is 1. The van der Waals surface area contributed by atoms with Crippen molar-refractivity contribution in [1.82, 2.24) is 5.32 Å². The van der Waals surface area contributed by atoms with E-state index in [1.807, 2.05) is 0 Å². The second-order valence-electron chi connectivity index (χ2n) is 6.01. The van der Waals surface area contributed by atoms with Crippen LogP contribution in [0, 0.1) is 0 Å². The molecule has 0 bridgehead atoms. The zero-order chi connectivity index (χ0) is 14.6. The molecule has 0 saturated carbocycles. The highest BCUT2D eigenvalue weighted by atomic mass is 16.5. The summed E-state index contributed by atoms with van der Waals surface area (Å²) in [6.07, 6.45) is -0.111. The van der Waals surface area contributed by atoms with Crippen LogP contribution in [0.4, 0.5) is 5.69 Å². The Hall–Kier alpha value is -1.10. The van der Waals surface area contributed by atoms with Gasteiger partial charge in [-0.05, 0) is 38.1 Å². The number of hydrogen-bond donors (Lipinski definition) is 2. The average Bonchev–Trinajstić information content (AvgIpc) is 2.44. The molecule has 0 aromatic heterocycles. The van der Waals surface area contributed by atoms with Gasteiger partial charge < -0.3 is 20.1 Å². The molecule has 0 amide bonds. The van der Waals surface area contributed by atoms with E-state index >= 15 is 0 Å². The predicted molar refractivity (Wildman–Crippen MR) is 82.1 cm³/mol. The minimum absolute atomic E-state index is 0.0679. The molecule has 20 heavy (non-hydrogen) atoms. The summed E-state index contributed by atoms with van der Waals surface area (Å²) in [6.45, 7) is 9.80. The normalized spacial score (nSPS) is 22.0. The molecule has 1 aromatic rings. The summed E-state index contributed by atoms with van der Waals surface area (Å²) in [7, 11) is 0. The van der Waals surface area contributed by atoms with Crippen LogP contribution < -0.4 is 10.2 Å². The van der Waals surface area contributed by atoms with Crippen molar-refractivity contribution in [1.29, 1.82) is 0 Å². The summed E-state index contributed by atoms with van der Waals surface area (Å²) in [5, 5.41) is 12.7. The van der Waals surface area contributed by atoms with Gasteiger partial charge in [-0.3, -0.25) is 0 Å². The zero-order valence-corrected chi connectivity index (χ0v) is 12.7. The molecule has 1 aliphatic rings. The molecule has 4 heteroatoms. The van der Waals surface area contributed by atoms with Crippen LogP contribution >= 0.6 is 0 Å². The van der Waals surface area contributed by atoms with Gasteiger partial charge in [0.05, 0.1) is 18.3 Å². The molecular weight excluding hydrogens is 252 g/mol. The molecule has 1 atom stereocenters. The number of anilines is 1. The summed E-state index contributed by atoms with van der Waals surface area (Å²) in [6, 6.07) is 8.63. The Morgan fingerprint density at radius 2 is 2.05 bits per heavy atom. The van der Waals surface area contributed by atoms with Crippen molar-refractivity contribution in [3.8, 4) is 0 Å². The summed E-state index contributed by atoms with van der Waals surface area (Å²) in [4.78, 5) is 2.29. The standard InChI is InChI=1S/C16H26N2O2/c1-4-17-9-13-5-7-14(8-6-13)18-10-15(11-19)20-16(2,3)12-18/h5-8,15,17,19H,4,9-12H2,1-3H3. The maximum Gasteiger partial charge on any atom is 0.0988 e. The number of aliphatic hydroxyl groups excluding tert-OH is 1. The van der Waals surface area contributed by atoms with Crippen LogP contribution in [0.25, 0.3) is 0 Å². The predicted octanol–water partition coefficient (Wildman–Crippen LogP) is 1.77. The fourth-order valence-corrected chi connectivity index (χ4v) is 2.68. The lowest BCUT2D eigenvalue weighted by Crippen LogP contribution is -2.54. The van der Waals surface area contributed by atoms with E-state index in [-0.39, 0.29) is 18.3 Å². The Kier molecular flexibility index (Phi) is 5.02. The van der Waals surface area contributed by atoms with Gasteiger partial charge in [0.15, 0.2) is 0 Å². The second kappa shape index (κ2) is 6.57. The molecule has 2 rings (SSSR count). The first-order valence-corrected chi connectivity index (χ1v) is 7.37. The van der Waals surface area contributed by atoms with Gasteiger partial charge in [-0.2, -0.15) is 0 Å². The first-order valence-electron chi connectivity index (χ1n) is 7.37. The maximum absolute atomic E-state index is 9.37. The summed E-state index contributed by atoms with van der Waals surface area (Å²) < 4.78 is 5.85. The van der Waals surface area contributed by atoms with Crippen LogP contribution in [0.15, 0.2) is 24.3 Å². The van der Waals surface area contributed by atoms with E-state index in [0.29, 0.717) is 0 Å². The minimum atomic E-state index is -0.228. The van der Waals surface area contributed by atoms with E-state index in [4.69, 9.17) is 4.74 Å². The number of nitrogens with one attached hydrogen (secondary N) is 1. The van der Waals surface area contributed by atoms with Crippen molar-refractivity contribution < 1.29 is 9.84 Å². The monoisotopic (exact) mass is 278 g/mol. The van der Waals surface area contributed by atoms with Gasteiger partial charge in [0, 0.05) is 25.3 Å². The van der Waals surface area contributed by atoms with Crippen molar-refractivity contribution in [2.75, 3.05) is 31.1 Å². The molecule has 1 saturated heterocycles. The molecule has 1 aliphatic heterocycles. The zero-order valence-electron chi connectivity index (χ0n) is 12.7. The third kappa shape index (κ3) is 3.95. The van der Waals surface area contributed by atoms with E-state index in [1.165, 1.54) is 11.3 Å². The number of ether oxygens (including phenoxy) is 1. The van der Waals surface area contributed by atoms with Gasteiger partial charge >= 0.3 is 0 Å². The second-order valence-corrected chi connectivity index (χ2v) is 6.01. The molecule has 4 nitrogen and oxygen atoms in total. The van der Waals surface area contributed by atoms with Crippen LogP contribution in [0.5, 0.6) is 0 Å². The molecule has 0 aliphatic carbocycles. The SMILES string of the molecule is CCNCc1ccc(N2CC(CO)OC(C)(C)C2)cc1. The van der Waals surface area contributed by atoms with Gasteiger partial charge in [0.2, 0.25) is 0 Å². The fourth-order valence-electron chi connectivity index (χ4n) is 2.68. The van der Waals surface area contributed by atoms with E-state index in [9.17, 15) is 5.11 Å². The van der Waals surface area contributed by atoms with Crippen LogP contribution in [-0.2, 0) is 11.3 Å². The largest absolute Gasteiger partial charge is 0.394 e. The number of nitrogens with zero attached hydrogens (tertiary/aromatic N) is 1. The van der Waals surface area contributed by atoms with E-state index < -0.39 is 0 Å². The Bertz CT molecular complexity index is 417. The first-order chi connectivity index (χ1) is 9.54. The number of hydrogen-bond acceptors (Lipinski definition) is 4. The quantitative estimate of drug-likeness (QED) is 0.861. The highest BCUT2D eigenvalue weighted by Crippen LogP contribution is 2.26. The van der Waals surface area contributed by atoms with Gasteiger partial charge in [-0.25, -0.2) is 0 Å². The first kappa shape index (κ1) is 15.3. The Balaban J connectivity index is 2.06. The molecular formula is C16H26N2O2. The lowest BCUT2D eigenvalue weighted by atomic mass is 10.0. The highest BCUT2D eigenvalue weighted by molar-refractivity contribution is 5.48. The minimum Gasteiger partial charge on any atom is -0.394 e. The molecule has 0 radical (unpaired) electrons. The van der Waals surface area contributed by atoms with E-state index in [2.05, 4.69) is 55.3 Å². The molecule has 0 spiro atoms. The third-order valence-corrected chi connectivity index (χ3v) is 3.57. The molecule has 1 heterocycles. The van der Waals surface area contributed by atoms with Gasteiger partial charge in [0.25, 0.3) is 0 Å². The number of aliphatic hydroxyl groups is 1. The van der Waals surface area contributed by atoms with Gasteiger partial charge in [0.1, 0.15) is 0 Å². The Morgan fingerprint density at radius 1 is 1.35 bits per heavy atom. The fraction of sp³-hybridized carbons (Fsp3) is 0.625. The van der Waals surface area contributed by atoms with Gasteiger partial charge in [-0.1, -0.05) is 19.1 Å². The van der Waals surface area contributed by atoms with Crippen molar-refractivity contribution in [3.63, 3.8) is 0 Å². The van der Waals surface area contributed by atoms with Crippen LogP contribution in [0.1, 0.15) is 26.3 Å². The van der Waals surface area contributed by atoms with Crippen molar-refractivity contribution >= 4 is 5.69 Å². The lowest BCUT2D eigenvalue weighted by molar-refractivity contribution is -0.101. The Morgan fingerprint density at radius 3 is 2.65 bits per heavy atom. The molecule has 2 N–H and O–H groups in total. The maximum atomic E-state index is 9.37. The van der Waals surface area contributed by atoms with E-state index in [0.717, 1.165) is 26.2 Å². The number of rotatable bonds is 5. The summed E-state index contributed by atoms with van der Waals surface area (Å²) in [5.41, 5.74) is 2.26. The number of benzene rings is 1. The topological polar surface area (TPSA) is 44.7 Å². The van der Waals surface area contributed by atoms with Crippen LogP contribution in [-0.4, -0.2) is 43.1 Å². The van der Waals surface area contributed by atoms with Crippen molar-refractivity contribution in [3.05, 3.63) is 29.8 Å². The van der Waals surface area contributed by atoms with Crippen LogP contribution in [0.3, 0.4) is 0 Å². The van der Waals surface area contributed by atoms with Crippen LogP contribution in [0.2, 0.25) is 0 Å². The summed E-state index contributed by atoms with van der Waals surface area (Å²) >= 11 is 0. The van der Waals surface area contributed by atoms with Crippen molar-refractivity contribution in [2.24, 2.45) is 0 Å². The Labute approximate surface area is 121 Å². The summed E-state index contributed by atoms with van der Waals surface area (Å²) in [5.74, 6) is 0. The molecule has 1 unspecified atom stereocenters. The molecule has 112 valence electrons. The average molecular weight is 278 g/mol. The highest BCUT2D eigenvalue weighted by Gasteiger charge is 2.33. The molecule has 1 aromatic carbocycles. The third-order valence-electron chi connectivity index (χ3n) is 3.57. The van der Waals surface area contributed by atoms with Gasteiger partial charge in [-0.15, -0.1) is 0 Å². The van der Waals surface area contributed by atoms with E-state index in [1.54, 1.807) is 0 Å². The molecule has 1 fully saturated rings.